The summed E-state index contributed by atoms with van der Waals surface area (Å²) in [4.78, 5) is 25.1. The van der Waals surface area contributed by atoms with Gasteiger partial charge in [-0.1, -0.05) is 31.4 Å². The Kier molecular flexibility index (Phi) is 5.11. The molecule has 0 bridgehead atoms. The number of amides is 1. The van der Waals surface area contributed by atoms with E-state index < -0.39 is 5.54 Å². The van der Waals surface area contributed by atoms with Crippen LogP contribution in [0.5, 0.6) is 0 Å². The Labute approximate surface area is 147 Å². The van der Waals surface area contributed by atoms with Gasteiger partial charge in [-0.3, -0.25) is 4.79 Å². The van der Waals surface area contributed by atoms with Gasteiger partial charge in [-0.15, -0.1) is 0 Å². The maximum atomic E-state index is 12.6. The summed E-state index contributed by atoms with van der Waals surface area (Å²) in [6.07, 6.45) is 6.04. The van der Waals surface area contributed by atoms with E-state index in [2.05, 4.69) is 5.32 Å². The third kappa shape index (κ3) is 3.70. The second-order valence-electron chi connectivity index (χ2n) is 6.85. The van der Waals surface area contributed by atoms with Crippen LogP contribution in [0.3, 0.4) is 0 Å². The van der Waals surface area contributed by atoms with Crippen LogP contribution in [0.4, 0.5) is 0 Å². The first-order chi connectivity index (χ1) is 12.0. The molecule has 0 unspecified atom stereocenters. The van der Waals surface area contributed by atoms with Crippen LogP contribution in [0.15, 0.2) is 28.9 Å². The Morgan fingerprint density at radius 2 is 2.00 bits per heavy atom. The number of benzene rings is 1. The van der Waals surface area contributed by atoms with E-state index >= 15 is 0 Å². The summed E-state index contributed by atoms with van der Waals surface area (Å²) in [7, 11) is 0. The molecule has 5 heteroatoms. The summed E-state index contributed by atoms with van der Waals surface area (Å²) in [5.41, 5.74) is 1.85. The van der Waals surface area contributed by atoms with Crippen LogP contribution in [0.25, 0.3) is 11.0 Å². The average molecular weight is 343 g/mol. The first-order valence-electron chi connectivity index (χ1n) is 8.99. The van der Waals surface area contributed by atoms with E-state index in [1.54, 1.807) is 13.2 Å². The molecule has 1 aliphatic carbocycles. The lowest BCUT2D eigenvalue weighted by molar-refractivity contribution is -0.155. The van der Waals surface area contributed by atoms with E-state index in [0.717, 1.165) is 41.4 Å². The monoisotopic (exact) mass is 343 g/mol. The minimum atomic E-state index is -0.874. The molecule has 3 rings (SSSR count). The van der Waals surface area contributed by atoms with Gasteiger partial charge in [0, 0.05) is 10.9 Å². The molecular weight excluding hydrogens is 318 g/mol. The molecule has 0 atom stereocenters. The normalized spacial score (nSPS) is 16.6. The van der Waals surface area contributed by atoms with Crippen LogP contribution in [-0.4, -0.2) is 24.0 Å². The van der Waals surface area contributed by atoms with Crippen LogP contribution in [0.1, 0.15) is 50.2 Å². The summed E-state index contributed by atoms with van der Waals surface area (Å²) < 4.78 is 10.8. The number of aryl methyl sites for hydroxylation is 1. The Bertz CT molecular complexity index is 771. The number of esters is 1. The predicted molar refractivity (Wildman–Crippen MR) is 95.2 cm³/mol. The zero-order chi connectivity index (χ0) is 17.9. The van der Waals surface area contributed by atoms with E-state index in [1.807, 2.05) is 25.1 Å². The molecule has 1 saturated carbocycles. The summed E-state index contributed by atoms with van der Waals surface area (Å²) in [5.74, 6) is -0.478. The van der Waals surface area contributed by atoms with E-state index in [4.69, 9.17) is 9.15 Å². The van der Waals surface area contributed by atoms with Crippen molar-refractivity contribution in [2.45, 2.75) is 57.9 Å². The topological polar surface area (TPSA) is 68.5 Å². The maximum absolute atomic E-state index is 12.6. The quantitative estimate of drug-likeness (QED) is 0.841. The van der Waals surface area contributed by atoms with E-state index in [0.29, 0.717) is 19.4 Å². The van der Waals surface area contributed by atoms with Gasteiger partial charge in [0.05, 0.1) is 19.3 Å². The molecule has 1 heterocycles. The van der Waals surface area contributed by atoms with Crippen LogP contribution < -0.4 is 5.32 Å². The maximum Gasteiger partial charge on any atom is 0.331 e. The lowest BCUT2D eigenvalue weighted by Crippen LogP contribution is -2.56. The van der Waals surface area contributed by atoms with Crippen molar-refractivity contribution in [3.63, 3.8) is 0 Å². The van der Waals surface area contributed by atoms with Gasteiger partial charge in [0.15, 0.2) is 0 Å². The van der Waals surface area contributed by atoms with Gasteiger partial charge in [0.1, 0.15) is 11.1 Å². The molecule has 1 amide bonds. The molecule has 1 aliphatic rings. The minimum Gasteiger partial charge on any atom is -0.464 e. The second-order valence-corrected chi connectivity index (χ2v) is 6.85. The molecule has 5 nitrogen and oxygen atoms in total. The Morgan fingerprint density at radius 3 is 2.72 bits per heavy atom. The van der Waals surface area contributed by atoms with Crippen LogP contribution in [0, 0.1) is 6.92 Å². The molecule has 25 heavy (non-hydrogen) atoms. The number of nitrogens with one attached hydrogen (secondary N) is 1. The summed E-state index contributed by atoms with van der Waals surface area (Å²) in [6, 6.07) is 5.93. The highest BCUT2D eigenvalue weighted by atomic mass is 16.5. The van der Waals surface area contributed by atoms with Crippen molar-refractivity contribution in [3.05, 3.63) is 35.6 Å². The molecule has 1 fully saturated rings. The first-order valence-corrected chi connectivity index (χ1v) is 8.99. The van der Waals surface area contributed by atoms with Crippen molar-refractivity contribution in [1.29, 1.82) is 0 Å². The highest BCUT2D eigenvalue weighted by molar-refractivity contribution is 5.92. The molecule has 0 radical (unpaired) electrons. The standard InChI is InChI=1S/C20H25NO4/c1-3-24-19(23)20(9-5-4-6-10-20)21-18(22)12-15-13-25-17-11-14(2)7-8-16(15)17/h7-8,11,13H,3-6,9-10,12H2,1-2H3,(H,21,22). The van der Waals surface area contributed by atoms with E-state index in [9.17, 15) is 9.59 Å². The van der Waals surface area contributed by atoms with Crippen molar-refractivity contribution < 1.29 is 18.7 Å². The Morgan fingerprint density at radius 1 is 1.24 bits per heavy atom. The molecule has 1 aromatic carbocycles. The number of ether oxygens (including phenoxy) is 1. The van der Waals surface area contributed by atoms with Crippen molar-refractivity contribution in [2.24, 2.45) is 0 Å². The molecule has 1 N–H and O–H groups in total. The van der Waals surface area contributed by atoms with Gasteiger partial charge in [-0.25, -0.2) is 4.79 Å². The van der Waals surface area contributed by atoms with Crippen molar-refractivity contribution in [1.82, 2.24) is 5.32 Å². The second kappa shape index (κ2) is 7.30. The molecule has 134 valence electrons. The highest BCUT2D eigenvalue weighted by Crippen LogP contribution is 2.30. The number of furan rings is 1. The average Bonchev–Trinajstić information content (AvgIpc) is 2.97. The van der Waals surface area contributed by atoms with Crippen molar-refractivity contribution >= 4 is 22.8 Å². The number of hydrogen-bond donors (Lipinski definition) is 1. The fourth-order valence-electron chi connectivity index (χ4n) is 3.62. The van der Waals surface area contributed by atoms with Crippen LogP contribution in [-0.2, 0) is 20.7 Å². The number of rotatable bonds is 5. The Balaban J connectivity index is 1.76. The zero-order valence-corrected chi connectivity index (χ0v) is 14.9. The molecule has 2 aromatic rings. The van der Waals surface area contributed by atoms with Gasteiger partial charge in [0.25, 0.3) is 0 Å². The van der Waals surface area contributed by atoms with Gasteiger partial charge in [-0.2, -0.15) is 0 Å². The summed E-state index contributed by atoms with van der Waals surface area (Å²) in [6.45, 7) is 4.11. The third-order valence-electron chi connectivity index (χ3n) is 4.91. The molecule has 0 aliphatic heterocycles. The number of hydrogen-bond acceptors (Lipinski definition) is 4. The Hall–Kier alpha value is -2.30. The molecule has 1 aromatic heterocycles. The first kappa shape index (κ1) is 17.5. The SMILES string of the molecule is CCOC(=O)C1(NC(=O)Cc2coc3cc(C)ccc23)CCCCC1. The highest BCUT2D eigenvalue weighted by Gasteiger charge is 2.42. The van der Waals surface area contributed by atoms with Crippen LogP contribution >= 0.6 is 0 Å². The molecular formula is C20H25NO4. The number of fused-ring (bicyclic) bond motifs is 1. The van der Waals surface area contributed by atoms with Gasteiger partial charge >= 0.3 is 5.97 Å². The smallest absolute Gasteiger partial charge is 0.331 e. The molecule has 0 saturated heterocycles. The minimum absolute atomic E-state index is 0.168. The van der Waals surface area contributed by atoms with Gasteiger partial charge < -0.3 is 14.5 Å². The van der Waals surface area contributed by atoms with Crippen molar-refractivity contribution in [2.75, 3.05) is 6.61 Å². The lowest BCUT2D eigenvalue weighted by atomic mass is 9.81. The number of carbonyl (C=O) groups excluding carboxylic acids is 2. The third-order valence-corrected chi connectivity index (χ3v) is 4.91. The number of carbonyl (C=O) groups is 2. The van der Waals surface area contributed by atoms with Gasteiger partial charge in [0.2, 0.25) is 5.91 Å². The fourth-order valence-corrected chi connectivity index (χ4v) is 3.62. The van der Waals surface area contributed by atoms with Gasteiger partial charge in [-0.05, 0) is 38.3 Å². The molecule has 0 spiro atoms. The van der Waals surface area contributed by atoms with E-state index in [1.165, 1.54) is 0 Å². The fraction of sp³-hybridized carbons (Fsp3) is 0.500. The lowest BCUT2D eigenvalue weighted by Gasteiger charge is -2.35. The summed E-state index contributed by atoms with van der Waals surface area (Å²) >= 11 is 0. The summed E-state index contributed by atoms with van der Waals surface area (Å²) in [5, 5.41) is 3.92. The van der Waals surface area contributed by atoms with Crippen molar-refractivity contribution in [3.8, 4) is 0 Å². The zero-order valence-electron chi connectivity index (χ0n) is 14.9. The largest absolute Gasteiger partial charge is 0.464 e. The predicted octanol–water partition coefficient (Wildman–Crippen LogP) is 3.67. The van der Waals surface area contributed by atoms with E-state index in [-0.39, 0.29) is 18.3 Å². The van der Waals surface area contributed by atoms with Crippen LogP contribution in [0.2, 0.25) is 0 Å².